The van der Waals surface area contributed by atoms with Gasteiger partial charge in [0.25, 0.3) is 5.91 Å². The Hall–Kier alpha value is -1.94. The zero-order valence-electron chi connectivity index (χ0n) is 10.6. The number of fused-ring (bicyclic) bond motifs is 1. The van der Waals surface area contributed by atoms with Crippen molar-refractivity contribution in [1.82, 2.24) is 10.3 Å². The summed E-state index contributed by atoms with van der Waals surface area (Å²) in [5.41, 5.74) is 0.482. The van der Waals surface area contributed by atoms with Crippen LogP contribution in [-0.4, -0.2) is 30.1 Å². The Bertz CT molecular complexity index is 586. The van der Waals surface area contributed by atoms with Crippen molar-refractivity contribution in [3.05, 3.63) is 42.2 Å². The highest BCUT2D eigenvalue weighted by Crippen LogP contribution is 2.16. The number of hydrogen-bond acceptors (Lipinski definition) is 3. The Morgan fingerprint density at radius 2 is 2.26 bits per heavy atom. The molecule has 0 spiro atoms. The summed E-state index contributed by atoms with van der Waals surface area (Å²) in [4.78, 5) is 16.4. The highest BCUT2D eigenvalue weighted by Gasteiger charge is 2.17. The van der Waals surface area contributed by atoms with E-state index in [1.165, 1.54) is 0 Å². The molecular weight excluding hydrogens is 240 g/mol. The first-order valence-electron chi connectivity index (χ1n) is 6.58. The predicted molar refractivity (Wildman–Crippen MR) is 73.1 cm³/mol. The molecule has 1 aromatic carbocycles. The van der Waals surface area contributed by atoms with Crippen molar-refractivity contribution < 1.29 is 9.53 Å². The smallest absolute Gasteiger partial charge is 0.270 e. The number of hydrogen-bond donors (Lipinski definition) is 1. The molecule has 1 unspecified atom stereocenters. The fourth-order valence-corrected chi connectivity index (χ4v) is 2.40. The number of rotatable bonds is 3. The van der Waals surface area contributed by atoms with Gasteiger partial charge in [0, 0.05) is 24.7 Å². The number of nitrogens with zero attached hydrogens (tertiary/aromatic N) is 1. The van der Waals surface area contributed by atoms with E-state index in [2.05, 4.69) is 10.3 Å². The van der Waals surface area contributed by atoms with Gasteiger partial charge in [-0.05, 0) is 24.3 Å². The van der Waals surface area contributed by atoms with Crippen molar-refractivity contribution in [1.29, 1.82) is 0 Å². The predicted octanol–water partition coefficient (Wildman–Crippen LogP) is 2.14. The number of pyridine rings is 1. The van der Waals surface area contributed by atoms with Crippen LogP contribution in [-0.2, 0) is 4.74 Å². The Morgan fingerprint density at radius 1 is 1.37 bits per heavy atom. The average Bonchev–Trinajstić information content (AvgIpc) is 2.97. The first kappa shape index (κ1) is 12.1. The first-order valence-corrected chi connectivity index (χ1v) is 6.58. The van der Waals surface area contributed by atoms with Crippen LogP contribution in [0.15, 0.2) is 36.5 Å². The molecule has 4 heteroatoms. The van der Waals surface area contributed by atoms with Crippen LogP contribution in [0, 0.1) is 0 Å². The molecule has 1 atom stereocenters. The van der Waals surface area contributed by atoms with Gasteiger partial charge in [0.15, 0.2) is 0 Å². The maximum absolute atomic E-state index is 12.2. The highest BCUT2D eigenvalue weighted by molar-refractivity contribution is 6.05. The molecule has 1 aliphatic heterocycles. The minimum Gasteiger partial charge on any atom is -0.376 e. The van der Waals surface area contributed by atoms with E-state index in [0.29, 0.717) is 12.2 Å². The van der Waals surface area contributed by atoms with E-state index in [1.807, 2.05) is 30.3 Å². The Balaban J connectivity index is 1.77. The van der Waals surface area contributed by atoms with Crippen molar-refractivity contribution in [3.8, 4) is 0 Å². The van der Waals surface area contributed by atoms with E-state index in [0.717, 1.165) is 30.2 Å². The highest BCUT2D eigenvalue weighted by atomic mass is 16.5. The van der Waals surface area contributed by atoms with Gasteiger partial charge in [-0.15, -0.1) is 0 Å². The molecule has 0 radical (unpaired) electrons. The van der Waals surface area contributed by atoms with Gasteiger partial charge < -0.3 is 10.1 Å². The molecule has 1 amide bonds. The van der Waals surface area contributed by atoms with Gasteiger partial charge in [0.2, 0.25) is 0 Å². The number of benzene rings is 1. The third-order valence-corrected chi connectivity index (χ3v) is 3.40. The van der Waals surface area contributed by atoms with Crippen LogP contribution in [0.5, 0.6) is 0 Å². The van der Waals surface area contributed by atoms with Gasteiger partial charge in [0.05, 0.1) is 6.10 Å². The van der Waals surface area contributed by atoms with E-state index in [4.69, 9.17) is 4.74 Å². The lowest BCUT2D eigenvalue weighted by molar-refractivity contribution is 0.0855. The van der Waals surface area contributed by atoms with Crippen LogP contribution in [0.1, 0.15) is 23.3 Å². The maximum Gasteiger partial charge on any atom is 0.270 e. The summed E-state index contributed by atoms with van der Waals surface area (Å²) in [6.07, 6.45) is 3.92. The first-order chi connectivity index (χ1) is 9.34. The molecule has 1 N–H and O–H groups in total. The number of ether oxygens (including phenoxy) is 1. The lowest BCUT2D eigenvalue weighted by Gasteiger charge is -2.11. The maximum atomic E-state index is 12.2. The van der Waals surface area contributed by atoms with Gasteiger partial charge in [-0.3, -0.25) is 9.78 Å². The summed E-state index contributed by atoms with van der Waals surface area (Å²) in [5.74, 6) is -0.132. The SMILES string of the molecule is O=C(NCC1CCCO1)c1nccc2ccccc12. The number of nitrogens with one attached hydrogen (secondary N) is 1. The van der Waals surface area contributed by atoms with Crippen molar-refractivity contribution in [2.24, 2.45) is 0 Å². The third-order valence-electron chi connectivity index (χ3n) is 3.40. The van der Waals surface area contributed by atoms with Crippen molar-refractivity contribution in [2.75, 3.05) is 13.2 Å². The molecule has 0 saturated carbocycles. The zero-order valence-corrected chi connectivity index (χ0v) is 10.6. The Labute approximate surface area is 111 Å². The molecule has 98 valence electrons. The van der Waals surface area contributed by atoms with Crippen LogP contribution in [0.3, 0.4) is 0 Å². The molecule has 3 rings (SSSR count). The molecule has 0 bridgehead atoms. The van der Waals surface area contributed by atoms with E-state index < -0.39 is 0 Å². The Morgan fingerprint density at radius 3 is 3.11 bits per heavy atom. The standard InChI is InChI=1S/C15H16N2O2/c18-15(17-10-12-5-3-9-19-12)14-13-6-2-1-4-11(13)7-8-16-14/h1-2,4,6-8,12H,3,5,9-10H2,(H,17,18). The summed E-state index contributed by atoms with van der Waals surface area (Å²) < 4.78 is 5.49. The van der Waals surface area contributed by atoms with Gasteiger partial charge >= 0.3 is 0 Å². The van der Waals surface area contributed by atoms with Crippen LogP contribution >= 0.6 is 0 Å². The van der Waals surface area contributed by atoms with E-state index in [1.54, 1.807) is 6.20 Å². The zero-order chi connectivity index (χ0) is 13.1. The van der Waals surface area contributed by atoms with Crippen LogP contribution < -0.4 is 5.32 Å². The third kappa shape index (κ3) is 2.58. The molecule has 2 heterocycles. The molecule has 2 aromatic rings. The van der Waals surface area contributed by atoms with Crippen molar-refractivity contribution in [3.63, 3.8) is 0 Å². The van der Waals surface area contributed by atoms with Gasteiger partial charge in [-0.1, -0.05) is 24.3 Å². The molecule has 1 saturated heterocycles. The molecule has 0 aliphatic carbocycles. The van der Waals surface area contributed by atoms with E-state index >= 15 is 0 Å². The quantitative estimate of drug-likeness (QED) is 0.915. The second-order valence-corrected chi connectivity index (χ2v) is 4.73. The van der Waals surface area contributed by atoms with Gasteiger partial charge in [0.1, 0.15) is 5.69 Å². The largest absolute Gasteiger partial charge is 0.376 e. The number of carbonyl (C=O) groups excluding carboxylic acids is 1. The van der Waals surface area contributed by atoms with Crippen LogP contribution in [0.25, 0.3) is 10.8 Å². The molecule has 1 aromatic heterocycles. The summed E-state index contributed by atoms with van der Waals surface area (Å²) in [6, 6.07) is 9.68. The minimum absolute atomic E-state index is 0.132. The van der Waals surface area contributed by atoms with Crippen LogP contribution in [0.4, 0.5) is 0 Å². The van der Waals surface area contributed by atoms with E-state index in [-0.39, 0.29) is 12.0 Å². The minimum atomic E-state index is -0.132. The monoisotopic (exact) mass is 256 g/mol. The fraction of sp³-hybridized carbons (Fsp3) is 0.333. The second-order valence-electron chi connectivity index (χ2n) is 4.73. The number of carbonyl (C=O) groups is 1. The van der Waals surface area contributed by atoms with E-state index in [9.17, 15) is 4.79 Å². The molecule has 1 aliphatic rings. The lowest BCUT2D eigenvalue weighted by atomic mass is 10.1. The summed E-state index contributed by atoms with van der Waals surface area (Å²) in [5, 5.41) is 4.82. The van der Waals surface area contributed by atoms with Gasteiger partial charge in [-0.2, -0.15) is 0 Å². The second kappa shape index (κ2) is 5.36. The summed E-state index contributed by atoms with van der Waals surface area (Å²) in [7, 11) is 0. The molecule has 1 fully saturated rings. The van der Waals surface area contributed by atoms with Crippen molar-refractivity contribution in [2.45, 2.75) is 18.9 Å². The molecule has 4 nitrogen and oxygen atoms in total. The topological polar surface area (TPSA) is 51.2 Å². The summed E-state index contributed by atoms with van der Waals surface area (Å²) >= 11 is 0. The van der Waals surface area contributed by atoms with Gasteiger partial charge in [-0.25, -0.2) is 0 Å². The molecule has 19 heavy (non-hydrogen) atoms. The average molecular weight is 256 g/mol. The lowest BCUT2D eigenvalue weighted by Crippen LogP contribution is -2.32. The molecular formula is C15H16N2O2. The normalized spacial score (nSPS) is 18.6. The van der Waals surface area contributed by atoms with Crippen LogP contribution in [0.2, 0.25) is 0 Å². The fourth-order valence-electron chi connectivity index (χ4n) is 2.40. The number of amides is 1. The number of aromatic nitrogens is 1. The Kier molecular flexibility index (Phi) is 3.42. The van der Waals surface area contributed by atoms with Crippen molar-refractivity contribution >= 4 is 16.7 Å². The summed E-state index contributed by atoms with van der Waals surface area (Å²) in [6.45, 7) is 1.36.